The minimum absolute atomic E-state index is 0.0441. The van der Waals surface area contributed by atoms with E-state index in [4.69, 9.17) is 11.6 Å². The fourth-order valence-electron chi connectivity index (χ4n) is 2.91. The van der Waals surface area contributed by atoms with Gasteiger partial charge in [0.15, 0.2) is 0 Å². The zero-order valence-corrected chi connectivity index (χ0v) is 18.5. The minimum atomic E-state index is -3.94. The summed E-state index contributed by atoms with van der Waals surface area (Å²) in [6, 6.07) is 22.6. The van der Waals surface area contributed by atoms with Gasteiger partial charge in [0.25, 0.3) is 5.91 Å². The van der Waals surface area contributed by atoms with E-state index in [0.29, 0.717) is 5.02 Å². The Morgan fingerprint density at radius 2 is 1.74 bits per heavy atom. The highest BCUT2D eigenvalue weighted by Crippen LogP contribution is 2.20. The topological polar surface area (TPSA) is 78.8 Å². The Labute approximate surface area is 187 Å². The number of nitrogens with one attached hydrogen (secondary N) is 1. The Morgan fingerprint density at radius 3 is 2.42 bits per heavy atom. The maximum Gasteiger partial charge on any atom is 0.255 e. The van der Waals surface area contributed by atoms with Gasteiger partial charge in [0, 0.05) is 11.6 Å². The number of benzene rings is 3. The van der Waals surface area contributed by atoms with Crippen molar-refractivity contribution in [2.45, 2.75) is 18.4 Å². The van der Waals surface area contributed by atoms with Gasteiger partial charge in [-0.25, -0.2) is 13.8 Å². The van der Waals surface area contributed by atoms with E-state index in [1.54, 1.807) is 0 Å². The predicted molar refractivity (Wildman–Crippen MR) is 122 cm³/mol. The Hall–Kier alpha value is -3.00. The summed E-state index contributed by atoms with van der Waals surface area (Å²) in [7, 11) is -3.94. The number of amides is 1. The van der Waals surface area contributed by atoms with E-state index in [9.17, 15) is 13.2 Å². The third-order valence-electron chi connectivity index (χ3n) is 4.42. The van der Waals surface area contributed by atoms with Crippen LogP contribution in [0.2, 0.25) is 5.02 Å². The number of halogens is 1. The summed E-state index contributed by atoms with van der Waals surface area (Å²) in [5, 5.41) is 4.35. The number of carbonyl (C=O) groups is 1. The molecule has 0 fully saturated rings. The van der Waals surface area contributed by atoms with E-state index in [1.807, 2.05) is 61.5 Å². The van der Waals surface area contributed by atoms with Crippen LogP contribution in [-0.2, 0) is 21.4 Å². The van der Waals surface area contributed by atoms with Gasteiger partial charge in [-0.2, -0.15) is 9.41 Å². The van der Waals surface area contributed by atoms with Crippen LogP contribution >= 0.6 is 11.6 Å². The van der Waals surface area contributed by atoms with Gasteiger partial charge in [-0.1, -0.05) is 71.8 Å². The average Bonchev–Trinajstić information content (AvgIpc) is 2.74. The molecule has 0 aromatic heterocycles. The van der Waals surface area contributed by atoms with E-state index in [2.05, 4.69) is 10.5 Å². The van der Waals surface area contributed by atoms with Crippen molar-refractivity contribution in [2.75, 3.05) is 6.54 Å². The second kappa shape index (κ2) is 10.3. The third kappa shape index (κ3) is 6.49. The molecule has 0 radical (unpaired) electrons. The molecule has 0 aliphatic rings. The summed E-state index contributed by atoms with van der Waals surface area (Å²) < 4.78 is 27.6. The summed E-state index contributed by atoms with van der Waals surface area (Å²) in [6.07, 6.45) is 1.50. The molecular weight excluding hydrogens is 434 g/mol. The normalized spacial score (nSPS) is 11.7. The summed E-state index contributed by atoms with van der Waals surface area (Å²) in [5.74, 6) is -0.544. The van der Waals surface area contributed by atoms with Crippen LogP contribution in [0, 0.1) is 6.92 Å². The molecule has 8 heteroatoms. The first-order chi connectivity index (χ1) is 14.8. The summed E-state index contributed by atoms with van der Waals surface area (Å²) in [6.45, 7) is 1.58. The molecule has 0 spiro atoms. The highest BCUT2D eigenvalue weighted by atomic mass is 35.5. The second-order valence-electron chi connectivity index (χ2n) is 6.92. The fraction of sp³-hybridized carbons (Fsp3) is 0.130. The van der Waals surface area contributed by atoms with E-state index in [-0.39, 0.29) is 18.0 Å². The molecule has 3 rings (SSSR count). The van der Waals surface area contributed by atoms with Crippen LogP contribution < -0.4 is 5.43 Å². The molecule has 0 aliphatic heterocycles. The molecule has 0 aliphatic carbocycles. The molecule has 0 bridgehead atoms. The number of hydrogen-bond donors (Lipinski definition) is 1. The lowest BCUT2D eigenvalue weighted by atomic mass is 10.1. The molecule has 0 heterocycles. The highest BCUT2D eigenvalue weighted by Gasteiger charge is 2.27. The lowest BCUT2D eigenvalue weighted by Crippen LogP contribution is -2.39. The summed E-state index contributed by atoms with van der Waals surface area (Å²) in [5.41, 5.74) is 4.98. The van der Waals surface area contributed by atoms with E-state index in [1.165, 1.54) is 30.5 Å². The number of nitrogens with zero attached hydrogens (tertiary/aromatic N) is 2. The van der Waals surface area contributed by atoms with Crippen molar-refractivity contribution in [3.05, 3.63) is 101 Å². The highest BCUT2D eigenvalue weighted by molar-refractivity contribution is 7.89. The van der Waals surface area contributed by atoms with Crippen molar-refractivity contribution in [3.63, 3.8) is 0 Å². The zero-order valence-electron chi connectivity index (χ0n) is 16.9. The molecule has 0 saturated heterocycles. The number of rotatable bonds is 8. The summed E-state index contributed by atoms with van der Waals surface area (Å²) in [4.78, 5) is 12.5. The quantitative estimate of drug-likeness (QED) is 0.412. The van der Waals surface area contributed by atoms with Crippen LogP contribution in [-0.4, -0.2) is 31.4 Å². The zero-order chi connectivity index (χ0) is 22.3. The number of carbonyl (C=O) groups excluding carboxylic acids is 1. The maximum atomic E-state index is 13.2. The van der Waals surface area contributed by atoms with Gasteiger partial charge >= 0.3 is 0 Å². The van der Waals surface area contributed by atoms with E-state index < -0.39 is 15.9 Å². The summed E-state index contributed by atoms with van der Waals surface area (Å²) >= 11 is 5.89. The molecule has 0 atom stereocenters. The largest absolute Gasteiger partial charge is 0.272 e. The fourth-order valence-corrected chi connectivity index (χ4v) is 4.42. The molecule has 6 nitrogen and oxygen atoms in total. The first-order valence-electron chi connectivity index (χ1n) is 9.53. The third-order valence-corrected chi connectivity index (χ3v) is 6.47. The van der Waals surface area contributed by atoms with Gasteiger partial charge in [-0.15, -0.1) is 0 Å². The first kappa shape index (κ1) is 22.7. The van der Waals surface area contributed by atoms with Crippen molar-refractivity contribution in [1.82, 2.24) is 9.73 Å². The van der Waals surface area contributed by atoms with Crippen LogP contribution in [0.5, 0.6) is 0 Å². The molecule has 160 valence electrons. The molecule has 1 N–H and O–H groups in total. The predicted octanol–water partition coefficient (Wildman–Crippen LogP) is 3.99. The average molecular weight is 456 g/mol. The van der Waals surface area contributed by atoms with Gasteiger partial charge in [0.05, 0.1) is 17.7 Å². The van der Waals surface area contributed by atoms with Crippen LogP contribution in [0.15, 0.2) is 88.9 Å². The molecule has 31 heavy (non-hydrogen) atoms. The van der Waals surface area contributed by atoms with Gasteiger partial charge in [-0.3, -0.25) is 4.79 Å². The van der Waals surface area contributed by atoms with Crippen molar-refractivity contribution in [2.24, 2.45) is 5.10 Å². The van der Waals surface area contributed by atoms with E-state index >= 15 is 0 Å². The SMILES string of the molecule is Cc1cccc(CN(CC(=O)N/N=C\c2ccccc2)S(=O)(=O)c2ccc(Cl)cc2)c1. The Bertz CT molecular complexity index is 1160. The first-order valence-corrected chi connectivity index (χ1v) is 11.3. The van der Waals surface area contributed by atoms with Gasteiger partial charge in [0.1, 0.15) is 0 Å². The van der Waals surface area contributed by atoms with Crippen LogP contribution in [0.1, 0.15) is 16.7 Å². The molecule has 0 saturated carbocycles. The minimum Gasteiger partial charge on any atom is -0.272 e. The van der Waals surface area contributed by atoms with Gasteiger partial charge in [-0.05, 0) is 42.3 Å². The number of sulfonamides is 1. The van der Waals surface area contributed by atoms with E-state index in [0.717, 1.165) is 21.0 Å². The molecular formula is C23H22ClN3O3S. The van der Waals surface area contributed by atoms with Crippen LogP contribution in [0.4, 0.5) is 0 Å². The molecule has 3 aromatic carbocycles. The molecule has 1 amide bonds. The monoisotopic (exact) mass is 455 g/mol. The maximum absolute atomic E-state index is 13.2. The lowest BCUT2D eigenvalue weighted by Gasteiger charge is -2.21. The van der Waals surface area contributed by atoms with Crippen LogP contribution in [0.25, 0.3) is 0 Å². The number of aryl methyl sites for hydroxylation is 1. The number of hydrazone groups is 1. The van der Waals surface area contributed by atoms with Crippen molar-refractivity contribution < 1.29 is 13.2 Å². The van der Waals surface area contributed by atoms with Crippen molar-refractivity contribution in [3.8, 4) is 0 Å². The van der Waals surface area contributed by atoms with Crippen molar-refractivity contribution >= 4 is 33.7 Å². The molecule has 3 aromatic rings. The lowest BCUT2D eigenvalue weighted by molar-refractivity contribution is -0.121. The number of hydrogen-bond acceptors (Lipinski definition) is 4. The second-order valence-corrected chi connectivity index (χ2v) is 9.29. The Kier molecular flexibility index (Phi) is 7.57. The molecule has 0 unspecified atom stereocenters. The van der Waals surface area contributed by atoms with Gasteiger partial charge < -0.3 is 0 Å². The van der Waals surface area contributed by atoms with Gasteiger partial charge in [0.2, 0.25) is 10.0 Å². The van der Waals surface area contributed by atoms with Crippen LogP contribution in [0.3, 0.4) is 0 Å². The Balaban J connectivity index is 1.80. The smallest absolute Gasteiger partial charge is 0.255 e. The Morgan fingerprint density at radius 1 is 1.03 bits per heavy atom. The van der Waals surface area contributed by atoms with Crippen molar-refractivity contribution in [1.29, 1.82) is 0 Å². The standard InChI is InChI=1S/C23H22ClN3O3S/c1-18-6-5-9-20(14-18)16-27(31(29,30)22-12-10-21(24)11-13-22)17-23(28)26-25-15-19-7-3-2-4-8-19/h2-15H,16-17H2,1H3,(H,26,28)/b25-15-.